The van der Waals surface area contributed by atoms with Gasteiger partial charge in [-0.15, -0.1) is 5.10 Å². The van der Waals surface area contributed by atoms with Crippen molar-refractivity contribution in [3.63, 3.8) is 0 Å². The van der Waals surface area contributed by atoms with Crippen LogP contribution in [0.25, 0.3) is 0 Å². The molecule has 0 aromatic carbocycles. The number of anilines is 1. The van der Waals surface area contributed by atoms with Crippen LogP contribution in [-0.4, -0.2) is 47.7 Å². The van der Waals surface area contributed by atoms with Crippen LogP contribution in [0.15, 0.2) is 12.5 Å². The topological polar surface area (TPSA) is 132 Å². The standard InChI is InChI=1S/C7H9N7O2/c15-6(16)5(1-4-2-8-3-9-4)10-7-11-13-14-12-7/h2-3,5H,1H2,(H,8,9)(H,15,16)(H2,10,11,12,13,14)/t5-/m0/s1. The van der Waals surface area contributed by atoms with Gasteiger partial charge in [-0.25, -0.2) is 9.78 Å². The SMILES string of the molecule is O=C(O)[C@H](Cc1cnc[nH]1)Nc1nn[nH]n1. The van der Waals surface area contributed by atoms with E-state index in [0.717, 1.165) is 0 Å². The number of imidazole rings is 1. The van der Waals surface area contributed by atoms with Crippen LogP contribution >= 0.6 is 0 Å². The number of aliphatic carboxylic acids is 1. The van der Waals surface area contributed by atoms with Crippen molar-refractivity contribution in [2.45, 2.75) is 12.5 Å². The van der Waals surface area contributed by atoms with Crippen LogP contribution < -0.4 is 5.32 Å². The fourth-order valence-corrected chi connectivity index (χ4v) is 1.20. The van der Waals surface area contributed by atoms with Crippen LogP contribution in [0.4, 0.5) is 5.95 Å². The van der Waals surface area contributed by atoms with Gasteiger partial charge in [0.2, 0.25) is 0 Å². The first-order valence-corrected chi connectivity index (χ1v) is 4.46. The van der Waals surface area contributed by atoms with E-state index in [1.165, 1.54) is 6.33 Å². The Labute approximate surface area is 89.3 Å². The van der Waals surface area contributed by atoms with Gasteiger partial charge in [0, 0.05) is 18.3 Å². The molecule has 0 amide bonds. The first-order valence-electron chi connectivity index (χ1n) is 4.46. The number of carboxylic acid groups (broad SMARTS) is 1. The Kier molecular flexibility index (Phi) is 2.76. The maximum atomic E-state index is 11.0. The molecular weight excluding hydrogens is 214 g/mol. The van der Waals surface area contributed by atoms with E-state index in [4.69, 9.17) is 5.11 Å². The molecule has 1 atom stereocenters. The Balaban J connectivity index is 2.03. The Morgan fingerprint density at radius 3 is 3.06 bits per heavy atom. The molecule has 84 valence electrons. The number of hydrogen-bond donors (Lipinski definition) is 4. The zero-order valence-corrected chi connectivity index (χ0v) is 8.08. The minimum atomic E-state index is -1.00. The molecule has 0 saturated heterocycles. The number of tetrazole rings is 1. The lowest BCUT2D eigenvalue weighted by molar-refractivity contribution is -0.137. The number of carbonyl (C=O) groups is 1. The molecule has 0 aliphatic heterocycles. The zero-order chi connectivity index (χ0) is 11.4. The predicted molar refractivity (Wildman–Crippen MR) is 51.5 cm³/mol. The van der Waals surface area contributed by atoms with Crippen LogP contribution in [0, 0.1) is 0 Å². The van der Waals surface area contributed by atoms with Gasteiger partial charge in [0.25, 0.3) is 5.95 Å². The minimum Gasteiger partial charge on any atom is -0.480 e. The summed E-state index contributed by atoms with van der Waals surface area (Å²) in [7, 11) is 0. The van der Waals surface area contributed by atoms with Gasteiger partial charge < -0.3 is 15.4 Å². The van der Waals surface area contributed by atoms with Crippen LogP contribution in [0.2, 0.25) is 0 Å². The van der Waals surface area contributed by atoms with Crippen LogP contribution in [0.3, 0.4) is 0 Å². The predicted octanol–water partition coefficient (Wildman–Crippen LogP) is -0.969. The zero-order valence-electron chi connectivity index (χ0n) is 8.08. The first kappa shape index (κ1) is 10.1. The van der Waals surface area contributed by atoms with Crippen molar-refractivity contribution in [1.29, 1.82) is 0 Å². The van der Waals surface area contributed by atoms with E-state index < -0.39 is 12.0 Å². The fraction of sp³-hybridized carbons (Fsp3) is 0.286. The summed E-state index contributed by atoms with van der Waals surface area (Å²) in [4.78, 5) is 17.6. The summed E-state index contributed by atoms with van der Waals surface area (Å²) in [5.74, 6) is -0.855. The van der Waals surface area contributed by atoms with Gasteiger partial charge in [-0.05, 0) is 5.21 Å². The van der Waals surface area contributed by atoms with E-state index in [1.54, 1.807) is 6.20 Å². The van der Waals surface area contributed by atoms with Gasteiger partial charge in [-0.1, -0.05) is 5.10 Å². The average Bonchev–Trinajstić information content (AvgIpc) is 2.88. The van der Waals surface area contributed by atoms with Gasteiger partial charge in [0.05, 0.1) is 6.33 Å². The molecule has 0 saturated carbocycles. The third-order valence-electron chi connectivity index (χ3n) is 1.93. The number of rotatable bonds is 5. The van der Waals surface area contributed by atoms with Gasteiger partial charge in [0.1, 0.15) is 6.04 Å². The molecule has 2 rings (SSSR count). The highest BCUT2D eigenvalue weighted by Gasteiger charge is 2.19. The number of aromatic nitrogens is 6. The molecule has 2 aromatic rings. The molecule has 4 N–H and O–H groups in total. The summed E-state index contributed by atoms with van der Waals surface area (Å²) in [5, 5.41) is 24.4. The number of H-pyrrole nitrogens is 2. The van der Waals surface area contributed by atoms with Crippen molar-refractivity contribution in [1.82, 2.24) is 30.6 Å². The molecule has 0 aliphatic rings. The molecule has 0 spiro atoms. The first-order chi connectivity index (χ1) is 7.75. The molecule has 9 nitrogen and oxygen atoms in total. The Hall–Kier alpha value is -2.45. The molecule has 0 aliphatic carbocycles. The number of nitrogens with zero attached hydrogens (tertiary/aromatic N) is 4. The maximum absolute atomic E-state index is 11.0. The van der Waals surface area contributed by atoms with Crippen molar-refractivity contribution in [3.05, 3.63) is 18.2 Å². The van der Waals surface area contributed by atoms with Crippen molar-refractivity contribution in [2.24, 2.45) is 0 Å². The second-order valence-electron chi connectivity index (χ2n) is 3.05. The number of hydrogen-bond acceptors (Lipinski definition) is 6. The third kappa shape index (κ3) is 2.32. The highest BCUT2D eigenvalue weighted by atomic mass is 16.4. The molecule has 0 unspecified atom stereocenters. The molecule has 9 heteroatoms. The Morgan fingerprint density at radius 2 is 2.50 bits per heavy atom. The van der Waals surface area contributed by atoms with Gasteiger partial charge in [-0.3, -0.25) is 0 Å². The van der Waals surface area contributed by atoms with Gasteiger partial charge in [0.15, 0.2) is 0 Å². The summed E-state index contributed by atoms with van der Waals surface area (Å²) < 4.78 is 0. The largest absolute Gasteiger partial charge is 0.480 e. The van der Waals surface area contributed by atoms with Crippen LogP contribution in [0.1, 0.15) is 5.69 Å². The van der Waals surface area contributed by atoms with Crippen molar-refractivity contribution in [2.75, 3.05) is 5.32 Å². The normalized spacial score (nSPS) is 12.2. The monoisotopic (exact) mass is 223 g/mol. The van der Waals surface area contributed by atoms with Crippen molar-refractivity contribution >= 4 is 11.9 Å². The summed E-state index contributed by atoms with van der Waals surface area (Å²) in [6.07, 6.45) is 3.31. The number of aromatic amines is 2. The number of nitrogens with one attached hydrogen (secondary N) is 3. The Morgan fingerprint density at radius 1 is 1.62 bits per heavy atom. The fourth-order valence-electron chi connectivity index (χ4n) is 1.20. The van der Waals surface area contributed by atoms with Crippen LogP contribution in [-0.2, 0) is 11.2 Å². The van der Waals surface area contributed by atoms with E-state index in [1.807, 2.05) is 0 Å². The van der Waals surface area contributed by atoms with E-state index >= 15 is 0 Å². The van der Waals surface area contributed by atoms with Gasteiger partial charge >= 0.3 is 5.97 Å². The van der Waals surface area contributed by atoms with Crippen LogP contribution in [0.5, 0.6) is 0 Å². The van der Waals surface area contributed by atoms with Crippen molar-refractivity contribution in [3.8, 4) is 0 Å². The summed E-state index contributed by atoms with van der Waals surface area (Å²) in [6.45, 7) is 0. The van der Waals surface area contributed by atoms with E-state index in [-0.39, 0.29) is 12.4 Å². The quantitative estimate of drug-likeness (QED) is 0.512. The molecule has 0 fully saturated rings. The highest BCUT2D eigenvalue weighted by Crippen LogP contribution is 2.03. The second-order valence-corrected chi connectivity index (χ2v) is 3.05. The molecular formula is C7H9N7O2. The lowest BCUT2D eigenvalue weighted by atomic mass is 10.2. The summed E-state index contributed by atoms with van der Waals surface area (Å²) in [5.41, 5.74) is 0.711. The van der Waals surface area contributed by atoms with Gasteiger partial charge in [-0.2, -0.15) is 5.21 Å². The lowest BCUT2D eigenvalue weighted by Crippen LogP contribution is -2.32. The summed E-state index contributed by atoms with van der Waals surface area (Å²) >= 11 is 0. The van der Waals surface area contributed by atoms with Crippen molar-refractivity contribution < 1.29 is 9.90 Å². The Bertz CT molecular complexity index is 401. The maximum Gasteiger partial charge on any atom is 0.326 e. The minimum absolute atomic E-state index is 0.145. The molecule has 16 heavy (non-hydrogen) atoms. The summed E-state index contributed by atoms with van der Waals surface area (Å²) in [6, 6.07) is -0.835. The van der Waals surface area contributed by atoms with E-state index in [9.17, 15) is 4.79 Å². The lowest BCUT2D eigenvalue weighted by Gasteiger charge is -2.10. The van der Waals surface area contributed by atoms with E-state index in [2.05, 4.69) is 35.9 Å². The molecule has 0 radical (unpaired) electrons. The molecule has 0 bridgehead atoms. The third-order valence-corrected chi connectivity index (χ3v) is 1.93. The molecule has 2 aromatic heterocycles. The average molecular weight is 223 g/mol. The second kappa shape index (κ2) is 4.38. The smallest absolute Gasteiger partial charge is 0.326 e. The highest BCUT2D eigenvalue weighted by molar-refractivity contribution is 5.76. The molecule has 2 heterocycles. The number of carboxylic acids is 1. The van der Waals surface area contributed by atoms with E-state index in [0.29, 0.717) is 5.69 Å².